The summed E-state index contributed by atoms with van der Waals surface area (Å²) in [6.07, 6.45) is 1.76. The van der Waals surface area contributed by atoms with Gasteiger partial charge in [0.25, 0.3) is 5.56 Å². The van der Waals surface area contributed by atoms with Gasteiger partial charge in [0.15, 0.2) is 10.9 Å². The number of aromatic amines is 1. The maximum absolute atomic E-state index is 13.1. The lowest BCUT2D eigenvalue weighted by Gasteiger charge is -2.13. The highest BCUT2D eigenvalue weighted by Crippen LogP contribution is 2.30. The molecule has 0 radical (unpaired) electrons. The zero-order valence-electron chi connectivity index (χ0n) is 19.4. The molecule has 0 fully saturated rings. The molecule has 0 aliphatic carbocycles. The lowest BCUT2D eigenvalue weighted by Crippen LogP contribution is -2.37. The Morgan fingerprint density at radius 2 is 1.83 bits per heavy atom. The van der Waals surface area contributed by atoms with Crippen molar-refractivity contribution in [2.75, 3.05) is 25.2 Å². The van der Waals surface area contributed by atoms with E-state index < -0.39 is 17.0 Å². The van der Waals surface area contributed by atoms with E-state index in [9.17, 15) is 14.4 Å². The van der Waals surface area contributed by atoms with Crippen molar-refractivity contribution in [3.05, 3.63) is 92.8 Å². The van der Waals surface area contributed by atoms with Crippen LogP contribution in [0, 0.1) is 6.92 Å². The van der Waals surface area contributed by atoms with E-state index in [2.05, 4.69) is 9.97 Å². The number of thioether (sulfide) groups is 1. The number of nitrogen functional groups attached to an aromatic ring is 1. The number of hydrogen-bond acceptors (Lipinski definition) is 7. The number of carbonyl (C=O) groups is 1. The highest BCUT2D eigenvalue weighted by Gasteiger charge is 2.21. The van der Waals surface area contributed by atoms with Crippen molar-refractivity contribution in [3.8, 4) is 16.9 Å². The summed E-state index contributed by atoms with van der Waals surface area (Å²) in [7, 11) is 1.48. The van der Waals surface area contributed by atoms with Crippen molar-refractivity contribution in [2.45, 2.75) is 18.6 Å². The number of nitrogens with one attached hydrogen (secondary N) is 1. The smallest absolute Gasteiger partial charge is 0.330 e. The number of Topliss-reactive ketones (excluding diaryl/α,β-unsaturated/α-hetero) is 1. The minimum atomic E-state index is -0.807. The zero-order chi connectivity index (χ0) is 24.9. The summed E-state index contributed by atoms with van der Waals surface area (Å²) in [5, 5.41) is 0.586. The molecule has 0 spiro atoms. The second-order valence-corrected chi connectivity index (χ2v) is 8.78. The molecule has 4 rings (SSSR count). The number of ketones is 1. The normalized spacial score (nSPS) is 11.0. The first kappa shape index (κ1) is 24.2. The number of aromatic nitrogens is 4. The zero-order valence-corrected chi connectivity index (χ0v) is 20.2. The molecule has 0 saturated carbocycles. The number of ether oxygens (including phenoxy) is 1. The first-order valence-electron chi connectivity index (χ1n) is 10.9. The molecule has 10 heteroatoms. The van der Waals surface area contributed by atoms with Crippen LogP contribution in [0.25, 0.3) is 16.9 Å². The van der Waals surface area contributed by atoms with E-state index in [4.69, 9.17) is 10.5 Å². The summed E-state index contributed by atoms with van der Waals surface area (Å²) < 4.78 is 8.08. The summed E-state index contributed by atoms with van der Waals surface area (Å²) in [5.41, 5.74) is 8.20. The molecule has 3 N–H and O–H groups in total. The third kappa shape index (κ3) is 5.13. The maximum Gasteiger partial charge on any atom is 0.330 e. The molecule has 0 atom stereocenters. The van der Waals surface area contributed by atoms with Crippen LogP contribution in [0.4, 0.5) is 5.82 Å². The van der Waals surface area contributed by atoms with E-state index in [0.717, 1.165) is 27.1 Å². The van der Waals surface area contributed by atoms with Crippen molar-refractivity contribution in [1.82, 2.24) is 19.1 Å². The lowest BCUT2D eigenvalue weighted by atomic mass is 10.1. The molecule has 9 nitrogen and oxygen atoms in total. The third-order valence-electron chi connectivity index (χ3n) is 5.46. The topological polar surface area (TPSA) is 125 Å². The van der Waals surface area contributed by atoms with Crippen molar-refractivity contribution < 1.29 is 9.53 Å². The highest BCUT2D eigenvalue weighted by atomic mass is 32.2. The molecule has 180 valence electrons. The van der Waals surface area contributed by atoms with Crippen LogP contribution < -0.4 is 17.0 Å². The number of para-hydroxylation sites is 1. The van der Waals surface area contributed by atoms with Crippen LogP contribution in [-0.4, -0.2) is 44.4 Å². The minimum absolute atomic E-state index is 0.0903. The average molecular weight is 492 g/mol. The SMILES string of the molecule is COCCn1c(N)c(C(=O)CSc2ncc(-c3ccc(C)cc3)n2-c2ccccc2)c(=O)[nH]c1=O. The van der Waals surface area contributed by atoms with Gasteiger partial charge in [-0.15, -0.1) is 0 Å². The van der Waals surface area contributed by atoms with Gasteiger partial charge in [-0.25, -0.2) is 9.78 Å². The minimum Gasteiger partial charge on any atom is -0.384 e. The number of benzene rings is 2. The fourth-order valence-corrected chi connectivity index (χ4v) is 4.52. The van der Waals surface area contributed by atoms with Gasteiger partial charge in [-0.2, -0.15) is 0 Å². The number of anilines is 1. The predicted molar refractivity (Wildman–Crippen MR) is 136 cm³/mol. The number of rotatable bonds is 9. The van der Waals surface area contributed by atoms with E-state index in [-0.39, 0.29) is 30.3 Å². The first-order valence-corrected chi connectivity index (χ1v) is 11.9. The quantitative estimate of drug-likeness (QED) is 0.272. The molecule has 0 unspecified atom stereocenters. The molecule has 0 aliphatic rings. The van der Waals surface area contributed by atoms with Crippen LogP contribution in [0.5, 0.6) is 0 Å². The fraction of sp³-hybridized carbons (Fsp3) is 0.200. The largest absolute Gasteiger partial charge is 0.384 e. The Labute approximate surface area is 205 Å². The summed E-state index contributed by atoms with van der Waals surface area (Å²) in [6.45, 7) is 2.34. The van der Waals surface area contributed by atoms with Crippen LogP contribution in [0.15, 0.2) is 75.5 Å². The van der Waals surface area contributed by atoms with Gasteiger partial charge in [0.2, 0.25) is 0 Å². The first-order chi connectivity index (χ1) is 16.9. The standard InChI is InChI=1S/C25H25N5O4S/c1-16-8-10-17(11-9-16)19-14-27-25(30(19)18-6-4-3-5-7-18)35-15-20(31)21-22(26)29(12-13-34-2)24(33)28-23(21)32/h3-11,14H,12-13,15,26H2,1-2H3,(H,28,32,33). The Balaban J connectivity index is 1.67. The molecular formula is C25H25N5O4S. The Morgan fingerprint density at radius 1 is 1.11 bits per heavy atom. The summed E-state index contributed by atoms with van der Waals surface area (Å²) in [5.74, 6) is -0.764. The van der Waals surface area contributed by atoms with E-state index in [1.807, 2.05) is 66.1 Å². The van der Waals surface area contributed by atoms with E-state index in [0.29, 0.717) is 5.16 Å². The van der Waals surface area contributed by atoms with Crippen LogP contribution in [0.2, 0.25) is 0 Å². The Bertz CT molecular complexity index is 1460. The monoisotopic (exact) mass is 491 g/mol. The Hall–Kier alpha value is -3.89. The summed E-state index contributed by atoms with van der Waals surface area (Å²) in [4.78, 5) is 44.3. The number of imidazole rings is 1. The number of carbonyl (C=O) groups excluding carboxylic acids is 1. The van der Waals surface area contributed by atoms with Gasteiger partial charge in [-0.05, 0) is 19.1 Å². The van der Waals surface area contributed by atoms with Gasteiger partial charge in [0, 0.05) is 18.4 Å². The number of hydrogen-bond donors (Lipinski definition) is 2. The van der Waals surface area contributed by atoms with Crippen molar-refractivity contribution in [3.63, 3.8) is 0 Å². The summed E-state index contributed by atoms with van der Waals surface area (Å²) >= 11 is 1.19. The van der Waals surface area contributed by atoms with Crippen LogP contribution >= 0.6 is 11.8 Å². The average Bonchev–Trinajstić information content (AvgIpc) is 3.27. The predicted octanol–water partition coefficient (Wildman–Crippen LogP) is 2.90. The number of aryl methyl sites for hydroxylation is 1. The van der Waals surface area contributed by atoms with Gasteiger partial charge < -0.3 is 10.5 Å². The van der Waals surface area contributed by atoms with E-state index in [1.165, 1.54) is 18.9 Å². The van der Waals surface area contributed by atoms with Crippen molar-refractivity contribution >= 4 is 23.4 Å². The molecule has 0 amide bonds. The van der Waals surface area contributed by atoms with Gasteiger partial charge in [-0.3, -0.25) is 23.7 Å². The highest BCUT2D eigenvalue weighted by molar-refractivity contribution is 7.99. The lowest BCUT2D eigenvalue weighted by molar-refractivity contribution is 0.102. The molecule has 35 heavy (non-hydrogen) atoms. The van der Waals surface area contributed by atoms with E-state index >= 15 is 0 Å². The number of H-pyrrole nitrogens is 1. The second kappa shape index (κ2) is 10.6. The molecule has 0 aliphatic heterocycles. The van der Waals surface area contributed by atoms with E-state index in [1.54, 1.807) is 6.20 Å². The van der Waals surface area contributed by atoms with Crippen LogP contribution in [0.1, 0.15) is 15.9 Å². The summed E-state index contributed by atoms with van der Waals surface area (Å²) in [6, 6.07) is 17.8. The van der Waals surface area contributed by atoms with Crippen molar-refractivity contribution in [1.29, 1.82) is 0 Å². The molecule has 2 aromatic carbocycles. The van der Waals surface area contributed by atoms with Gasteiger partial charge >= 0.3 is 5.69 Å². The maximum atomic E-state index is 13.1. The fourth-order valence-electron chi connectivity index (χ4n) is 3.66. The molecule has 4 aromatic rings. The van der Waals surface area contributed by atoms with Crippen LogP contribution in [0.3, 0.4) is 0 Å². The Morgan fingerprint density at radius 3 is 2.51 bits per heavy atom. The molecule has 2 aromatic heterocycles. The van der Waals surface area contributed by atoms with Gasteiger partial charge in [0.05, 0.1) is 30.8 Å². The number of nitrogens with zero attached hydrogens (tertiary/aromatic N) is 3. The third-order valence-corrected chi connectivity index (χ3v) is 6.41. The van der Waals surface area contributed by atoms with Gasteiger partial charge in [-0.1, -0.05) is 59.8 Å². The molecule has 2 heterocycles. The van der Waals surface area contributed by atoms with Crippen molar-refractivity contribution in [2.24, 2.45) is 0 Å². The molecular weight excluding hydrogens is 466 g/mol. The second-order valence-electron chi connectivity index (χ2n) is 7.84. The number of methoxy groups -OCH3 is 1. The van der Waals surface area contributed by atoms with Crippen LogP contribution in [-0.2, 0) is 11.3 Å². The molecule has 0 saturated heterocycles. The molecule has 0 bridgehead atoms. The number of nitrogens with two attached hydrogens (primary N) is 1. The van der Waals surface area contributed by atoms with Gasteiger partial charge in [0.1, 0.15) is 11.4 Å². The Kier molecular flexibility index (Phi) is 7.33.